The number of hydrogen-bond acceptors (Lipinski definition) is 4. The molecule has 0 saturated heterocycles. The van der Waals surface area contributed by atoms with Crippen LogP contribution in [0.15, 0.2) is 36.8 Å². The van der Waals surface area contributed by atoms with Crippen LogP contribution in [0.3, 0.4) is 0 Å². The van der Waals surface area contributed by atoms with Crippen molar-refractivity contribution in [3.63, 3.8) is 0 Å². The molecule has 0 bridgehead atoms. The normalized spacial score (nSPS) is 9.53. The molecule has 0 aliphatic carbocycles. The summed E-state index contributed by atoms with van der Waals surface area (Å²) < 4.78 is 0. The van der Waals surface area contributed by atoms with Gasteiger partial charge in [0.1, 0.15) is 11.8 Å². The van der Waals surface area contributed by atoms with E-state index < -0.39 is 0 Å². The van der Waals surface area contributed by atoms with Gasteiger partial charge in [0, 0.05) is 18.0 Å². The van der Waals surface area contributed by atoms with Gasteiger partial charge in [-0.1, -0.05) is 0 Å². The minimum atomic E-state index is 0.114. The highest BCUT2D eigenvalue weighted by Crippen LogP contribution is 2.18. The SMILES string of the molecule is N#Cc1cncc(-c2ccc(O)cn2)c1. The molecule has 0 aliphatic rings. The van der Waals surface area contributed by atoms with Crippen molar-refractivity contribution in [2.75, 3.05) is 0 Å². The Bertz CT molecular complexity index is 514. The van der Waals surface area contributed by atoms with Gasteiger partial charge in [0.15, 0.2) is 0 Å². The predicted octanol–water partition coefficient (Wildman–Crippen LogP) is 1.72. The molecule has 1 N–H and O–H groups in total. The molecular formula is C11H7N3O. The molecule has 0 amide bonds. The zero-order chi connectivity index (χ0) is 10.7. The molecule has 0 saturated carbocycles. The number of pyridine rings is 2. The maximum Gasteiger partial charge on any atom is 0.133 e. The van der Waals surface area contributed by atoms with Crippen LogP contribution in [0.1, 0.15) is 5.56 Å². The molecule has 15 heavy (non-hydrogen) atoms. The minimum Gasteiger partial charge on any atom is -0.506 e. The van der Waals surface area contributed by atoms with Crippen LogP contribution in [0.2, 0.25) is 0 Å². The molecule has 4 nitrogen and oxygen atoms in total. The summed E-state index contributed by atoms with van der Waals surface area (Å²) in [5.41, 5.74) is 1.92. The van der Waals surface area contributed by atoms with Gasteiger partial charge in [-0.15, -0.1) is 0 Å². The third kappa shape index (κ3) is 1.92. The largest absolute Gasteiger partial charge is 0.506 e. The summed E-state index contributed by atoms with van der Waals surface area (Å²) in [6, 6.07) is 6.93. The van der Waals surface area contributed by atoms with E-state index in [1.807, 2.05) is 6.07 Å². The second kappa shape index (κ2) is 3.76. The van der Waals surface area contributed by atoms with Gasteiger partial charge >= 0.3 is 0 Å². The zero-order valence-electron chi connectivity index (χ0n) is 7.75. The lowest BCUT2D eigenvalue weighted by molar-refractivity contribution is 0.473. The van der Waals surface area contributed by atoms with Crippen LogP contribution < -0.4 is 0 Å². The third-order valence-electron chi connectivity index (χ3n) is 1.91. The van der Waals surface area contributed by atoms with Crippen molar-refractivity contribution in [3.05, 3.63) is 42.4 Å². The van der Waals surface area contributed by atoms with Crippen LogP contribution in [0.4, 0.5) is 0 Å². The van der Waals surface area contributed by atoms with Gasteiger partial charge < -0.3 is 5.11 Å². The van der Waals surface area contributed by atoms with E-state index in [4.69, 9.17) is 10.4 Å². The van der Waals surface area contributed by atoms with Crippen molar-refractivity contribution in [3.8, 4) is 23.1 Å². The van der Waals surface area contributed by atoms with Crippen molar-refractivity contribution in [2.45, 2.75) is 0 Å². The number of nitriles is 1. The lowest BCUT2D eigenvalue weighted by atomic mass is 10.1. The van der Waals surface area contributed by atoms with Crippen molar-refractivity contribution in [1.29, 1.82) is 5.26 Å². The molecule has 2 heterocycles. The molecule has 0 spiro atoms. The first-order valence-corrected chi connectivity index (χ1v) is 4.30. The van der Waals surface area contributed by atoms with E-state index in [9.17, 15) is 0 Å². The van der Waals surface area contributed by atoms with Gasteiger partial charge in [-0.2, -0.15) is 5.26 Å². The molecule has 0 aromatic carbocycles. The second-order valence-electron chi connectivity index (χ2n) is 2.98. The standard InChI is InChI=1S/C11H7N3O/c12-4-8-3-9(6-13-5-8)11-2-1-10(15)7-14-11/h1-3,5-7,15H. The fourth-order valence-electron chi connectivity index (χ4n) is 1.20. The number of hydrogen-bond donors (Lipinski definition) is 1. The molecule has 0 atom stereocenters. The fraction of sp³-hybridized carbons (Fsp3) is 0. The van der Waals surface area contributed by atoms with E-state index in [2.05, 4.69) is 9.97 Å². The van der Waals surface area contributed by atoms with E-state index in [1.165, 1.54) is 12.4 Å². The summed E-state index contributed by atoms with van der Waals surface area (Å²) in [6.45, 7) is 0. The lowest BCUT2D eigenvalue weighted by Crippen LogP contribution is -1.85. The molecule has 0 fully saturated rings. The highest BCUT2D eigenvalue weighted by molar-refractivity contribution is 5.60. The van der Waals surface area contributed by atoms with Gasteiger partial charge in [0.25, 0.3) is 0 Å². The Morgan fingerprint density at radius 1 is 1.20 bits per heavy atom. The van der Waals surface area contributed by atoms with E-state index in [1.54, 1.807) is 24.4 Å². The van der Waals surface area contributed by atoms with E-state index in [-0.39, 0.29) is 5.75 Å². The van der Waals surface area contributed by atoms with Gasteiger partial charge in [-0.25, -0.2) is 0 Å². The molecule has 0 radical (unpaired) electrons. The Hall–Kier alpha value is -2.41. The van der Waals surface area contributed by atoms with E-state index in [0.717, 1.165) is 5.56 Å². The fourth-order valence-corrected chi connectivity index (χ4v) is 1.20. The van der Waals surface area contributed by atoms with Gasteiger partial charge in [0.2, 0.25) is 0 Å². The molecular weight excluding hydrogens is 190 g/mol. The Morgan fingerprint density at radius 2 is 2.07 bits per heavy atom. The van der Waals surface area contributed by atoms with Crippen LogP contribution in [0, 0.1) is 11.3 Å². The topological polar surface area (TPSA) is 69.8 Å². The molecule has 0 unspecified atom stereocenters. The maximum atomic E-state index is 9.07. The molecule has 2 aromatic heterocycles. The summed E-state index contributed by atoms with van der Waals surface area (Å²) in [5.74, 6) is 0.114. The van der Waals surface area contributed by atoms with Gasteiger partial charge in [0.05, 0.1) is 17.5 Å². The molecule has 0 aliphatic heterocycles. The quantitative estimate of drug-likeness (QED) is 0.755. The first-order chi connectivity index (χ1) is 7.29. The first-order valence-electron chi connectivity index (χ1n) is 4.30. The Morgan fingerprint density at radius 3 is 2.73 bits per heavy atom. The van der Waals surface area contributed by atoms with Crippen LogP contribution in [-0.2, 0) is 0 Å². The van der Waals surface area contributed by atoms with Gasteiger partial charge in [-0.3, -0.25) is 9.97 Å². The summed E-state index contributed by atoms with van der Waals surface area (Å²) in [6.07, 6.45) is 4.47. The number of rotatable bonds is 1. The number of nitrogens with zero attached hydrogens (tertiary/aromatic N) is 3. The van der Waals surface area contributed by atoms with Crippen molar-refractivity contribution >= 4 is 0 Å². The summed E-state index contributed by atoms with van der Waals surface area (Å²) in [7, 11) is 0. The second-order valence-corrected chi connectivity index (χ2v) is 2.98. The Labute approximate surface area is 86.5 Å². The Balaban J connectivity index is 2.46. The van der Waals surface area contributed by atoms with Crippen LogP contribution >= 0.6 is 0 Å². The van der Waals surface area contributed by atoms with Crippen molar-refractivity contribution in [1.82, 2.24) is 9.97 Å². The summed E-state index contributed by atoms with van der Waals surface area (Å²) in [4.78, 5) is 7.95. The highest BCUT2D eigenvalue weighted by atomic mass is 16.3. The Kier molecular flexibility index (Phi) is 2.30. The predicted molar refractivity (Wildman–Crippen MR) is 53.8 cm³/mol. The zero-order valence-corrected chi connectivity index (χ0v) is 7.75. The summed E-state index contributed by atoms with van der Waals surface area (Å²) >= 11 is 0. The first kappa shape index (κ1) is 9.16. The number of aromatic hydroxyl groups is 1. The molecule has 2 rings (SSSR count). The number of aromatic nitrogens is 2. The molecule has 2 aromatic rings. The smallest absolute Gasteiger partial charge is 0.133 e. The van der Waals surface area contributed by atoms with Crippen molar-refractivity contribution < 1.29 is 5.11 Å². The average molecular weight is 197 g/mol. The lowest BCUT2D eigenvalue weighted by Gasteiger charge is -1.99. The molecule has 4 heteroatoms. The monoisotopic (exact) mass is 197 g/mol. The van der Waals surface area contributed by atoms with Crippen LogP contribution in [0.5, 0.6) is 5.75 Å². The van der Waals surface area contributed by atoms with Crippen molar-refractivity contribution in [2.24, 2.45) is 0 Å². The van der Waals surface area contributed by atoms with E-state index >= 15 is 0 Å². The maximum absolute atomic E-state index is 9.07. The highest BCUT2D eigenvalue weighted by Gasteiger charge is 2.00. The third-order valence-corrected chi connectivity index (χ3v) is 1.91. The van der Waals surface area contributed by atoms with Crippen LogP contribution in [0.25, 0.3) is 11.3 Å². The van der Waals surface area contributed by atoms with Crippen LogP contribution in [-0.4, -0.2) is 15.1 Å². The van der Waals surface area contributed by atoms with E-state index in [0.29, 0.717) is 11.3 Å². The average Bonchev–Trinajstić information content (AvgIpc) is 2.30. The minimum absolute atomic E-state index is 0.114. The molecule has 72 valence electrons. The summed E-state index contributed by atoms with van der Waals surface area (Å²) in [5, 5.41) is 17.8. The van der Waals surface area contributed by atoms with Gasteiger partial charge in [-0.05, 0) is 18.2 Å².